The van der Waals surface area contributed by atoms with Crippen molar-refractivity contribution in [3.8, 4) is 0 Å². The number of benzene rings is 1. The topological polar surface area (TPSA) is 194 Å². The number of amides is 4. The standard InChI is InChI=1S/C22H33N5O6/c1-13(2)10-16(26-20(31)15(23)8-9-18(24)28)22(33)27-17(21(32)25-12-19(29)30)11-14-6-4-3-5-7-14/h3-7,13,15-17H,8-12,23H2,1-2H3,(H2,24,28)(H,25,32)(H,26,31)(H,27,33)(H,29,30). The lowest BCUT2D eigenvalue weighted by atomic mass is 10.0. The van der Waals surface area contributed by atoms with Crippen molar-refractivity contribution < 1.29 is 29.1 Å². The van der Waals surface area contributed by atoms with Gasteiger partial charge in [-0.1, -0.05) is 44.2 Å². The number of hydrogen-bond acceptors (Lipinski definition) is 6. The van der Waals surface area contributed by atoms with E-state index in [-0.39, 0.29) is 31.6 Å². The van der Waals surface area contributed by atoms with Gasteiger partial charge in [0.05, 0.1) is 6.04 Å². The molecule has 11 nitrogen and oxygen atoms in total. The van der Waals surface area contributed by atoms with Gasteiger partial charge in [-0.05, 0) is 24.3 Å². The van der Waals surface area contributed by atoms with E-state index in [4.69, 9.17) is 16.6 Å². The highest BCUT2D eigenvalue weighted by Gasteiger charge is 2.29. The Kier molecular flexibility index (Phi) is 11.6. The molecule has 8 N–H and O–H groups in total. The summed E-state index contributed by atoms with van der Waals surface area (Å²) in [7, 11) is 0. The van der Waals surface area contributed by atoms with Gasteiger partial charge in [-0.25, -0.2) is 0 Å². The maximum Gasteiger partial charge on any atom is 0.322 e. The van der Waals surface area contributed by atoms with Gasteiger partial charge in [0, 0.05) is 12.8 Å². The molecule has 0 aliphatic carbocycles. The van der Waals surface area contributed by atoms with Crippen LogP contribution in [-0.2, 0) is 30.4 Å². The van der Waals surface area contributed by atoms with Crippen LogP contribution < -0.4 is 27.4 Å². The van der Waals surface area contributed by atoms with Crippen LogP contribution in [0, 0.1) is 5.92 Å². The molecule has 1 aromatic rings. The van der Waals surface area contributed by atoms with E-state index in [0.29, 0.717) is 0 Å². The van der Waals surface area contributed by atoms with E-state index >= 15 is 0 Å². The average molecular weight is 464 g/mol. The molecule has 0 heterocycles. The predicted molar refractivity (Wildman–Crippen MR) is 121 cm³/mol. The Morgan fingerprint density at radius 1 is 0.939 bits per heavy atom. The minimum Gasteiger partial charge on any atom is -0.480 e. The van der Waals surface area contributed by atoms with Gasteiger partial charge in [-0.15, -0.1) is 0 Å². The summed E-state index contributed by atoms with van der Waals surface area (Å²) in [6.07, 6.45) is 0.358. The molecule has 1 rings (SSSR count). The number of carbonyl (C=O) groups excluding carboxylic acids is 4. The minimum absolute atomic E-state index is 0.0244. The summed E-state index contributed by atoms with van der Waals surface area (Å²) in [5.74, 6) is -3.68. The number of nitrogens with two attached hydrogens (primary N) is 2. The molecule has 33 heavy (non-hydrogen) atoms. The molecule has 0 saturated heterocycles. The zero-order valence-corrected chi connectivity index (χ0v) is 18.9. The van der Waals surface area contributed by atoms with Crippen LogP contribution in [0.4, 0.5) is 0 Å². The highest BCUT2D eigenvalue weighted by atomic mass is 16.4. The van der Waals surface area contributed by atoms with Crippen molar-refractivity contribution in [1.82, 2.24) is 16.0 Å². The lowest BCUT2D eigenvalue weighted by Crippen LogP contribution is -2.56. The average Bonchev–Trinajstić information content (AvgIpc) is 2.74. The van der Waals surface area contributed by atoms with E-state index in [1.807, 2.05) is 13.8 Å². The van der Waals surface area contributed by atoms with Crippen molar-refractivity contribution in [2.24, 2.45) is 17.4 Å². The molecule has 4 amide bonds. The summed E-state index contributed by atoms with van der Waals surface area (Å²) in [4.78, 5) is 59.8. The maximum absolute atomic E-state index is 13.0. The Labute approximate surface area is 192 Å². The monoisotopic (exact) mass is 463 g/mol. The molecule has 0 radical (unpaired) electrons. The normalized spacial score (nSPS) is 13.5. The first-order valence-corrected chi connectivity index (χ1v) is 10.7. The van der Waals surface area contributed by atoms with Gasteiger partial charge in [-0.3, -0.25) is 24.0 Å². The van der Waals surface area contributed by atoms with Gasteiger partial charge in [0.15, 0.2) is 0 Å². The van der Waals surface area contributed by atoms with Crippen molar-refractivity contribution in [3.63, 3.8) is 0 Å². The largest absolute Gasteiger partial charge is 0.480 e. The fraction of sp³-hybridized carbons (Fsp3) is 0.500. The molecule has 0 bridgehead atoms. The molecular weight excluding hydrogens is 430 g/mol. The molecule has 3 atom stereocenters. The molecule has 1 aromatic carbocycles. The SMILES string of the molecule is CC(C)CC(NC(=O)C(N)CCC(N)=O)C(=O)NC(Cc1ccccc1)C(=O)NCC(=O)O. The van der Waals surface area contributed by atoms with Crippen molar-refractivity contribution in [2.45, 2.75) is 57.7 Å². The second-order valence-corrected chi connectivity index (χ2v) is 8.16. The van der Waals surface area contributed by atoms with E-state index in [1.165, 1.54) is 0 Å². The van der Waals surface area contributed by atoms with Gasteiger partial charge in [0.25, 0.3) is 0 Å². The van der Waals surface area contributed by atoms with Gasteiger partial charge in [-0.2, -0.15) is 0 Å². The fourth-order valence-electron chi connectivity index (χ4n) is 3.03. The lowest BCUT2D eigenvalue weighted by molar-refractivity contribution is -0.138. The second-order valence-electron chi connectivity index (χ2n) is 8.16. The maximum atomic E-state index is 13.0. The van der Waals surface area contributed by atoms with Gasteiger partial charge in [0.1, 0.15) is 18.6 Å². The summed E-state index contributed by atoms with van der Waals surface area (Å²) in [5, 5.41) is 16.3. The number of rotatable bonds is 14. The quantitative estimate of drug-likeness (QED) is 0.204. The number of primary amides is 1. The summed E-state index contributed by atoms with van der Waals surface area (Å²) in [6, 6.07) is 5.83. The molecule has 11 heteroatoms. The van der Waals surface area contributed by atoms with Crippen LogP contribution in [0.3, 0.4) is 0 Å². The van der Waals surface area contributed by atoms with Gasteiger partial charge in [0.2, 0.25) is 23.6 Å². The number of aliphatic carboxylic acids is 1. The molecule has 0 saturated carbocycles. The molecule has 0 fully saturated rings. The number of nitrogens with one attached hydrogen (secondary N) is 3. The van der Waals surface area contributed by atoms with Crippen molar-refractivity contribution in [3.05, 3.63) is 35.9 Å². The van der Waals surface area contributed by atoms with Crippen LogP contribution in [0.15, 0.2) is 30.3 Å². The molecule has 3 unspecified atom stereocenters. The van der Waals surface area contributed by atoms with Gasteiger partial charge < -0.3 is 32.5 Å². The summed E-state index contributed by atoms with van der Waals surface area (Å²) in [6.45, 7) is 3.13. The fourth-order valence-corrected chi connectivity index (χ4v) is 3.03. The molecule has 0 aliphatic heterocycles. The summed E-state index contributed by atoms with van der Waals surface area (Å²) >= 11 is 0. The van der Waals surface area contributed by atoms with Gasteiger partial charge >= 0.3 is 5.97 Å². The summed E-state index contributed by atoms with van der Waals surface area (Å²) in [5.41, 5.74) is 11.6. The lowest BCUT2D eigenvalue weighted by Gasteiger charge is -2.25. The third kappa shape index (κ3) is 11.1. The smallest absolute Gasteiger partial charge is 0.322 e. The first kappa shape index (κ1) is 27.6. The van der Waals surface area contributed by atoms with Crippen LogP contribution in [0.2, 0.25) is 0 Å². The predicted octanol–water partition coefficient (Wildman–Crippen LogP) is -0.962. The molecule has 0 spiro atoms. The number of carboxylic acids is 1. The van der Waals surface area contributed by atoms with Crippen LogP contribution in [0.25, 0.3) is 0 Å². The van der Waals surface area contributed by atoms with Crippen molar-refractivity contribution in [1.29, 1.82) is 0 Å². The first-order valence-electron chi connectivity index (χ1n) is 10.7. The number of carboxylic acid groups (broad SMARTS) is 1. The third-order valence-corrected chi connectivity index (χ3v) is 4.71. The molecule has 182 valence electrons. The van der Waals surface area contributed by atoms with E-state index in [0.717, 1.165) is 5.56 Å². The van der Waals surface area contributed by atoms with E-state index in [2.05, 4.69) is 16.0 Å². The van der Waals surface area contributed by atoms with E-state index in [1.54, 1.807) is 30.3 Å². The Balaban J connectivity index is 2.95. The minimum atomic E-state index is -1.22. The zero-order chi connectivity index (χ0) is 25.0. The number of carbonyl (C=O) groups is 5. The zero-order valence-electron chi connectivity index (χ0n) is 18.9. The first-order chi connectivity index (χ1) is 15.5. The van der Waals surface area contributed by atoms with E-state index in [9.17, 15) is 24.0 Å². The van der Waals surface area contributed by atoms with E-state index < -0.39 is 54.3 Å². The Morgan fingerprint density at radius 3 is 2.09 bits per heavy atom. The Bertz CT molecular complexity index is 830. The summed E-state index contributed by atoms with van der Waals surface area (Å²) < 4.78 is 0. The van der Waals surface area contributed by atoms with Crippen LogP contribution in [-0.4, -0.2) is 59.4 Å². The van der Waals surface area contributed by atoms with Crippen molar-refractivity contribution in [2.75, 3.05) is 6.54 Å². The Hall–Kier alpha value is -3.47. The van der Waals surface area contributed by atoms with Crippen LogP contribution in [0.1, 0.15) is 38.7 Å². The van der Waals surface area contributed by atoms with Crippen LogP contribution >= 0.6 is 0 Å². The second kappa shape index (κ2) is 13.8. The molecular formula is C22H33N5O6. The number of hydrogen-bond donors (Lipinski definition) is 6. The molecule has 0 aliphatic rings. The highest BCUT2D eigenvalue weighted by Crippen LogP contribution is 2.09. The highest BCUT2D eigenvalue weighted by molar-refractivity contribution is 5.94. The molecule has 0 aromatic heterocycles. The Morgan fingerprint density at radius 2 is 1.55 bits per heavy atom. The third-order valence-electron chi connectivity index (χ3n) is 4.71. The van der Waals surface area contributed by atoms with Crippen LogP contribution in [0.5, 0.6) is 0 Å². The van der Waals surface area contributed by atoms with Crippen molar-refractivity contribution >= 4 is 29.6 Å².